The highest BCUT2D eigenvalue weighted by molar-refractivity contribution is 5.79. The number of piperidine rings is 1. The monoisotopic (exact) mass is 732 g/mol. The molecule has 0 saturated carbocycles. The van der Waals surface area contributed by atoms with Crippen molar-refractivity contribution in [2.45, 2.75) is 76.3 Å². The summed E-state index contributed by atoms with van der Waals surface area (Å²) in [5.41, 5.74) is 1.15. The van der Waals surface area contributed by atoms with Crippen LogP contribution in [0.15, 0.2) is 71.0 Å². The Kier molecular flexibility index (Phi) is 10.5. The van der Waals surface area contributed by atoms with Gasteiger partial charge in [-0.15, -0.1) is 0 Å². The molecular formula is C36H39F3N10O4. The lowest BCUT2D eigenvalue weighted by molar-refractivity contribution is -0.00856. The molecule has 53 heavy (non-hydrogen) atoms. The second-order valence-electron chi connectivity index (χ2n) is 13.6. The summed E-state index contributed by atoms with van der Waals surface area (Å²) in [4.78, 5) is 27.4. The summed E-state index contributed by atoms with van der Waals surface area (Å²) >= 11 is 0. The third kappa shape index (κ3) is 7.91. The maximum Gasteiger partial charge on any atom is 0.257 e. The van der Waals surface area contributed by atoms with Gasteiger partial charge in [-0.05, 0) is 70.3 Å². The van der Waals surface area contributed by atoms with Crippen molar-refractivity contribution in [3.05, 3.63) is 118 Å². The zero-order chi connectivity index (χ0) is 37.1. The van der Waals surface area contributed by atoms with Crippen LogP contribution in [-0.4, -0.2) is 79.0 Å². The summed E-state index contributed by atoms with van der Waals surface area (Å²) in [5, 5.41) is 34.0. The first-order chi connectivity index (χ1) is 25.6. The van der Waals surface area contributed by atoms with Gasteiger partial charge in [0.2, 0.25) is 0 Å². The molecule has 0 spiro atoms. The highest BCUT2D eigenvalue weighted by Gasteiger charge is 2.34. The van der Waals surface area contributed by atoms with Crippen molar-refractivity contribution in [2.75, 3.05) is 19.6 Å². The van der Waals surface area contributed by atoms with Gasteiger partial charge in [0, 0.05) is 53.3 Å². The fourth-order valence-electron chi connectivity index (χ4n) is 7.23. The molecule has 4 aromatic heterocycles. The Morgan fingerprint density at radius 2 is 1.60 bits per heavy atom. The standard InChI is InChI=1S/C23H27FN4O3.C13H12F2N6O/c1-14-17(23(30)28-9-2-3-19(29)22(28)25-14)8-12-27-10-6-15(7-11-27)21-18-5-4-16(24)13-20(18)31-26-21;14-10-1-2-11(12(15)3-10)13(22,4-20-8-16-6-18-20)5-21-9-17-7-19-21/h4-5,13,15,19,29H,2-3,6-12H2,1H3;1-3,6-9,22H,4-5H2/t19-;/m1./s1. The van der Waals surface area contributed by atoms with Crippen molar-refractivity contribution in [3.8, 4) is 0 Å². The lowest BCUT2D eigenvalue weighted by Gasteiger charge is -2.31. The largest absolute Gasteiger partial charge is 0.385 e. The highest BCUT2D eigenvalue weighted by atomic mass is 19.1. The fraction of sp³-hybridized carbons (Fsp3) is 0.417. The van der Waals surface area contributed by atoms with Gasteiger partial charge in [0.05, 0.1) is 18.8 Å². The minimum Gasteiger partial charge on any atom is -0.385 e. The summed E-state index contributed by atoms with van der Waals surface area (Å²) in [6.07, 6.45) is 8.78. The number of aliphatic hydroxyl groups is 2. The predicted octanol–water partition coefficient (Wildman–Crippen LogP) is 3.82. The first kappa shape index (κ1) is 36.1. The first-order valence-electron chi connectivity index (χ1n) is 17.5. The number of aromatic nitrogens is 9. The van der Waals surface area contributed by atoms with Gasteiger partial charge in [-0.2, -0.15) is 10.2 Å². The van der Waals surface area contributed by atoms with Crippen molar-refractivity contribution >= 4 is 11.0 Å². The highest BCUT2D eigenvalue weighted by Crippen LogP contribution is 2.33. The Hall–Kier alpha value is -5.26. The zero-order valence-corrected chi connectivity index (χ0v) is 29.0. The number of benzene rings is 2. The van der Waals surface area contributed by atoms with E-state index >= 15 is 0 Å². The smallest absolute Gasteiger partial charge is 0.257 e. The number of fused-ring (bicyclic) bond motifs is 2. The third-order valence-electron chi connectivity index (χ3n) is 9.98. The number of nitrogens with zero attached hydrogens (tertiary/aromatic N) is 10. The van der Waals surface area contributed by atoms with E-state index in [9.17, 15) is 28.2 Å². The number of aliphatic hydroxyl groups excluding tert-OH is 1. The Morgan fingerprint density at radius 1 is 0.925 bits per heavy atom. The van der Waals surface area contributed by atoms with E-state index in [-0.39, 0.29) is 30.0 Å². The van der Waals surface area contributed by atoms with Crippen LogP contribution in [0.3, 0.4) is 0 Å². The van der Waals surface area contributed by atoms with E-state index in [1.54, 1.807) is 10.6 Å². The van der Waals surface area contributed by atoms with Crippen LogP contribution in [0.5, 0.6) is 0 Å². The van der Waals surface area contributed by atoms with Crippen LogP contribution < -0.4 is 5.56 Å². The van der Waals surface area contributed by atoms with Crippen LogP contribution >= 0.6 is 0 Å². The molecule has 6 aromatic rings. The van der Waals surface area contributed by atoms with E-state index in [1.807, 2.05) is 6.92 Å². The number of hydrogen-bond donors (Lipinski definition) is 2. The molecule has 2 aliphatic rings. The lowest BCUT2D eigenvalue weighted by Crippen LogP contribution is -2.37. The maximum absolute atomic E-state index is 14.1. The normalized spacial score (nSPS) is 16.8. The SMILES string of the molecule is Cc1nc2n(c(=O)c1CCN1CCC(c3noc4cc(F)ccc34)CC1)CCC[C@H]2O.OC(Cn1cncn1)(Cn1cncn1)c1ccc(F)cc1F. The molecule has 0 bridgehead atoms. The van der Waals surface area contributed by atoms with E-state index in [1.165, 1.54) is 52.9 Å². The van der Waals surface area contributed by atoms with Crippen LogP contribution in [0.2, 0.25) is 0 Å². The Bertz CT molecular complexity index is 2180. The minimum absolute atomic E-state index is 0.00237. The van der Waals surface area contributed by atoms with E-state index in [2.05, 4.69) is 35.2 Å². The van der Waals surface area contributed by atoms with Crippen molar-refractivity contribution in [3.63, 3.8) is 0 Å². The summed E-state index contributed by atoms with van der Waals surface area (Å²) in [5.74, 6) is -1.07. The molecule has 0 amide bonds. The molecule has 2 aromatic carbocycles. The van der Waals surface area contributed by atoms with E-state index in [4.69, 9.17) is 4.52 Å². The Balaban J connectivity index is 0.000000174. The summed E-state index contributed by atoms with van der Waals surface area (Å²) in [6, 6.07) is 7.60. The van der Waals surface area contributed by atoms with Crippen molar-refractivity contribution < 1.29 is 27.9 Å². The molecule has 1 fully saturated rings. The van der Waals surface area contributed by atoms with Gasteiger partial charge < -0.3 is 19.6 Å². The van der Waals surface area contributed by atoms with E-state index < -0.39 is 23.3 Å². The van der Waals surface area contributed by atoms with Crippen molar-refractivity contribution in [2.24, 2.45) is 0 Å². The van der Waals surface area contributed by atoms with Crippen LogP contribution in [0.1, 0.15) is 66.0 Å². The molecule has 0 radical (unpaired) electrons. The molecule has 1 atom stereocenters. The quantitative estimate of drug-likeness (QED) is 0.222. The van der Waals surface area contributed by atoms with Gasteiger partial charge in [-0.1, -0.05) is 11.2 Å². The lowest BCUT2D eigenvalue weighted by atomic mass is 9.91. The fourth-order valence-corrected chi connectivity index (χ4v) is 7.23. The summed E-state index contributed by atoms with van der Waals surface area (Å²) < 4.78 is 50.3. The molecule has 6 heterocycles. The molecule has 2 N–H and O–H groups in total. The van der Waals surface area contributed by atoms with Crippen LogP contribution in [0, 0.1) is 24.4 Å². The Morgan fingerprint density at radius 3 is 2.26 bits per heavy atom. The maximum atomic E-state index is 14.1. The molecule has 0 aliphatic carbocycles. The molecular weight excluding hydrogens is 693 g/mol. The van der Waals surface area contributed by atoms with Gasteiger partial charge in [0.1, 0.15) is 60.3 Å². The molecule has 17 heteroatoms. The molecule has 8 rings (SSSR count). The zero-order valence-electron chi connectivity index (χ0n) is 29.0. The van der Waals surface area contributed by atoms with Gasteiger partial charge in [0.25, 0.3) is 5.56 Å². The second-order valence-corrected chi connectivity index (χ2v) is 13.6. The average molecular weight is 733 g/mol. The van der Waals surface area contributed by atoms with Gasteiger partial charge in [0.15, 0.2) is 5.58 Å². The van der Waals surface area contributed by atoms with Crippen LogP contribution in [0.25, 0.3) is 11.0 Å². The van der Waals surface area contributed by atoms with Crippen LogP contribution in [0.4, 0.5) is 13.2 Å². The number of hydrogen-bond acceptors (Lipinski definition) is 11. The Labute approximate surface area is 301 Å². The summed E-state index contributed by atoms with van der Waals surface area (Å²) in [7, 11) is 0. The van der Waals surface area contributed by atoms with Gasteiger partial charge in [-0.3, -0.25) is 9.36 Å². The predicted molar refractivity (Wildman–Crippen MR) is 184 cm³/mol. The third-order valence-corrected chi connectivity index (χ3v) is 9.98. The first-order valence-corrected chi connectivity index (χ1v) is 17.5. The van der Waals surface area contributed by atoms with E-state index in [0.29, 0.717) is 36.7 Å². The number of halogens is 3. The molecule has 278 valence electrons. The molecule has 14 nitrogen and oxygen atoms in total. The van der Waals surface area contributed by atoms with Gasteiger partial charge in [-0.25, -0.2) is 37.5 Å². The van der Waals surface area contributed by atoms with Gasteiger partial charge >= 0.3 is 0 Å². The minimum atomic E-state index is -1.70. The molecule has 1 saturated heterocycles. The topological polar surface area (TPSA) is 166 Å². The van der Waals surface area contributed by atoms with E-state index in [0.717, 1.165) is 73.4 Å². The number of likely N-dealkylation sites (tertiary alicyclic amines) is 1. The summed E-state index contributed by atoms with van der Waals surface area (Å²) in [6.45, 7) is 4.98. The average Bonchev–Trinajstić information content (AvgIpc) is 3.93. The van der Waals surface area contributed by atoms with Crippen molar-refractivity contribution in [1.82, 2.24) is 49.1 Å². The number of aryl methyl sites for hydroxylation is 1. The number of rotatable bonds is 9. The van der Waals surface area contributed by atoms with Crippen LogP contribution in [-0.2, 0) is 31.7 Å². The molecule has 0 unspecified atom stereocenters. The van der Waals surface area contributed by atoms with Crippen molar-refractivity contribution in [1.29, 1.82) is 0 Å². The molecule has 2 aliphatic heterocycles. The second kappa shape index (κ2) is 15.4.